The fourth-order valence-corrected chi connectivity index (χ4v) is 5.59. The first-order chi connectivity index (χ1) is 13.9. The molecule has 0 N–H and O–H groups in total. The zero-order chi connectivity index (χ0) is 19.0. The Balaban J connectivity index is 1.99. The molecule has 136 valence electrons. The van der Waals surface area contributed by atoms with Crippen LogP contribution < -0.4 is 4.74 Å². The standard InChI is InChI=1S/C26H20OS/c1-27-23-16-8-5-13-20(23)26(19-11-3-2-4-12-19)21-14-6-9-17-24(21)28-25-18-10-7-15-22(25)26/h2-18H,1H3. The zero-order valence-electron chi connectivity index (χ0n) is 15.6. The van der Waals surface area contributed by atoms with Gasteiger partial charge < -0.3 is 4.74 Å². The Labute approximate surface area is 170 Å². The van der Waals surface area contributed by atoms with Gasteiger partial charge in [-0.15, -0.1) is 0 Å². The van der Waals surface area contributed by atoms with E-state index >= 15 is 0 Å². The first-order valence-electron chi connectivity index (χ1n) is 9.41. The average molecular weight is 381 g/mol. The molecule has 0 aliphatic carbocycles. The number of ether oxygens (including phenoxy) is 1. The van der Waals surface area contributed by atoms with Gasteiger partial charge in [-0.2, -0.15) is 0 Å². The van der Waals surface area contributed by atoms with Crippen LogP contribution in [0.15, 0.2) is 113 Å². The summed E-state index contributed by atoms with van der Waals surface area (Å²) in [5.74, 6) is 0.905. The van der Waals surface area contributed by atoms with Crippen molar-refractivity contribution in [2.45, 2.75) is 15.2 Å². The fourth-order valence-electron chi connectivity index (χ4n) is 4.39. The Morgan fingerprint density at radius 1 is 0.571 bits per heavy atom. The van der Waals surface area contributed by atoms with Gasteiger partial charge in [0.1, 0.15) is 5.75 Å². The number of fused-ring (bicyclic) bond motifs is 2. The van der Waals surface area contributed by atoms with Crippen LogP contribution in [0, 0.1) is 0 Å². The summed E-state index contributed by atoms with van der Waals surface area (Å²) in [6, 6.07) is 36.7. The van der Waals surface area contributed by atoms with Crippen LogP contribution in [0.5, 0.6) is 5.75 Å². The predicted molar refractivity (Wildman–Crippen MR) is 115 cm³/mol. The third-order valence-corrected chi connectivity index (χ3v) is 6.67. The molecule has 0 saturated heterocycles. The van der Waals surface area contributed by atoms with Crippen LogP contribution in [0.25, 0.3) is 0 Å². The van der Waals surface area contributed by atoms with Gasteiger partial charge in [0.25, 0.3) is 0 Å². The summed E-state index contributed by atoms with van der Waals surface area (Å²) in [6.07, 6.45) is 0. The Morgan fingerprint density at radius 2 is 1.07 bits per heavy atom. The molecule has 1 aliphatic heterocycles. The van der Waals surface area contributed by atoms with E-state index in [0.717, 1.165) is 5.75 Å². The van der Waals surface area contributed by atoms with Crippen LogP contribution in [0.4, 0.5) is 0 Å². The second-order valence-corrected chi connectivity index (χ2v) is 7.99. The van der Waals surface area contributed by atoms with Crippen molar-refractivity contribution < 1.29 is 4.74 Å². The van der Waals surface area contributed by atoms with Gasteiger partial charge in [-0.1, -0.05) is 96.7 Å². The van der Waals surface area contributed by atoms with Crippen LogP contribution in [0.2, 0.25) is 0 Å². The maximum atomic E-state index is 5.87. The summed E-state index contributed by atoms with van der Waals surface area (Å²) in [7, 11) is 1.76. The van der Waals surface area contributed by atoms with E-state index in [1.165, 1.54) is 32.0 Å². The van der Waals surface area contributed by atoms with Crippen molar-refractivity contribution in [1.29, 1.82) is 0 Å². The monoisotopic (exact) mass is 380 g/mol. The second-order valence-electron chi connectivity index (χ2n) is 6.91. The third kappa shape index (κ3) is 2.42. The molecule has 1 nitrogen and oxygen atoms in total. The molecule has 4 aromatic carbocycles. The van der Waals surface area contributed by atoms with Crippen LogP contribution in [0.1, 0.15) is 22.3 Å². The van der Waals surface area contributed by atoms with E-state index in [-0.39, 0.29) is 0 Å². The summed E-state index contributed by atoms with van der Waals surface area (Å²) >= 11 is 1.85. The minimum atomic E-state index is -0.424. The summed E-state index contributed by atoms with van der Waals surface area (Å²) < 4.78 is 5.87. The van der Waals surface area contributed by atoms with Gasteiger partial charge in [0.2, 0.25) is 0 Å². The number of rotatable bonds is 3. The second kappa shape index (κ2) is 6.88. The highest BCUT2D eigenvalue weighted by molar-refractivity contribution is 7.99. The lowest BCUT2D eigenvalue weighted by Gasteiger charge is -2.42. The summed E-state index contributed by atoms with van der Waals surface area (Å²) in [4.78, 5) is 2.58. The fraction of sp³-hybridized carbons (Fsp3) is 0.0769. The average Bonchev–Trinajstić information content (AvgIpc) is 2.78. The molecule has 0 fully saturated rings. The van der Waals surface area contributed by atoms with Crippen LogP contribution in [-0.2, 0) is 5.41 Å². The van der Waals surface area contributed by atoms with Crippen molar-refractivity contribution in [2.75, 3.05) is 7.11 Å². The van der Waals surface area contributed by atoms with Crippen LogP contribution >= 0.6 is 11.8 Å². The van der Waals surface area contributed by atoms with Crippen molar-refractivity contribution in [2.24, 2.45) is 0 Å². The van der Waals surface area contributed by atoms with Crippen molar-refractivity contribution in [1.82, 2.24) is 0 Å². The molecule has 5 rings (SSSR count). The van der Waals surface area contributed by atoms with Crippen molar-refractivity contribution in [3.05, 3.63) is 125 Å². The zero-order valence-corrected chi connectivity index (χ0v) is 16.4. The molecule has 1 aliphatic rings. The normalized spacial score (nSPS) is 14.0. The number of hydrogen-bond donors (Lipinski definition) is 0. The SMILES string of the molecule is COc1ccccc1C1(c2ccccc2)c2ccccc2Sc2ccccc21. The Hall–Kier alpha value is -2.97. The molecule has 0 amide bonds. The first-order valence-corrected chi connectivity index (χ1v) is 10.2. The minimum Gasteiger partial charge on any atom is -0.496 e. The summed E-state index contributed by atoms with van der Waals surface area (Å²) in [5, 5.41) is 0. The van der Waals surface area contributed by atoms with Gasteiger partial charge in [-0.05, 0) is 34.9 Å². The lowest BCUT2D eigenvalue weighted by Crippen LogP contribution is -2.34. The van der Waals surface area contributed by atoms with E-state index in [1.807, 2.05) is 17.8 Å². The maximum absolute atomic E-state index is 5.87. The van der Waals surface area contributed by atoms with E-state index in [0.29, 0.717) is 0 Å². The van der Waals surface area contributed by atoms with Gasteiger partial charge >= 0.3 is 0 Å². The summed E-state index contributed by atoms with van der Waals surface area (Å²) in [6.45, 7) is 0. The number of para-hydroxylation sites is 1. The van der Waals surface area contributed by atoms with Gasteiger partial charge in [0.15, 0.2) is 0 Å². The van der Waals surface area contributed by atoms with E-state index in [9.17, 15) is 0 Å². The summed E-state index contributed by atoms with van der Waals surface area (Å²) in [5.41, 5.74) is 4.60. The lowest BCUT2D eigenvalue weighted by molar-refractivity contribution is 0.404. The van der Waals surface area contributed by atoms with Crippen LogP contribution in [-0.4, -0.2) is 7.11 Å². The molecule has 0 spiro atoms. The Kier molecular flexibility index (Phi) is 4.22. The molecule has 0 bridgehead atoms. The molecule has 1 heterocycles. The maximum Gasteiger partial charge on any atom is 0.123 e. The molecular formula is C26H20OS. The van der Waals surface area contributed by atoms with E-state index in [1.54, 1.807) is 7.11 Å². The van der Waals surface area contributed by atoms with Crippen molar-refractivity contribution in [3.63, 3.8) is 0 Å². The first kappa shape index (κ1) is 17.2. The largest absolute Gasteiger partial charge is 0.496 e. The molecular weight excluding hydrogens is 360 g/mol. The highest BCUT2D eigenvalue weighted by Gasteiger charge is 2.45. The lowest BCUT2D eigenvalue weighted by atomic mass is 9.64. The van der Waals surface area contributed by atoms with Crippen LogP contribution in [0.3, 0.4) is 0 Å². The van der Waals surface area contributed by atoms with Gasteiger partial charge in [0.05, 0.1) is 12.5 Å². The highest BCUT2D eigenvalue weighted by Crippen LogP contribution is 2.57. The van der Waals surface area contributed by atoms with Gasteiger partial charge in [-0.25, -0.2) is 0 Å². The van der Waals surface area contributed by atoms with E-state index < -0.39 is 5.41 Å². The molecule has 28 heavy (non-hydrogen) atoms. The van der Waals surface area contributed by atoms with Crippen molar-refractivity contribution in [3.8, 4) is 5.75 Å². The number of benzene rings is 4. The number of hydrogen-bond acceptors (Lipinski definition) is 2. The number of methoxy groups -OCH3 is 1. The topological polar surface area (TPSA) is 9.23 Å². The highest BCUT2D eigenvalue weighted by atomic mass is 32.2. The molecule has 0 saturated carbocycles. The Morgan fingerprint density at radius 3 is 1.68 bits per heavy atom. The molecule has 4 aromatic rings. The molecule has 0 radical (unpaired) electrons. The molecule has 2 heteroatoms. The molecule has 0 atom stereocenters. The van der Waals surface area contributed by atoms with E-state index in [2.05, 4.69) is 97.1 Å². The Bertz CT molecular complexity index is 1090. The van der Waals surface area contributed by atoms with Gasteiger partial charge in [0, 0.05) is 15.4 Å². The third-order valence-electron chi connectivity index (χ3n) is 5.52. The molecule has 0 aromatic heterocycles. The quantitative estimate of drug-likeness (QED) is 0.351. The van der Waals surface area contributed by atoms with Crippen molar-refractivity contribution >= 4 is 11.8 Å². The van der Waals surface area contributed by atoms with Gasteiger partial charge in [-0.3, -0.25) is 0 Å². The minimum absolute atomic E-state index is 0.424. The molecule has 0 unspecified atom stereocenters. The predicted octanol–water partition coefficient (Wildman–Crippen LogP) is 6.54. The van der Waals surface area contributed by atoms with E-state index in [4.69, 9.17) is 4.74 Å². The smallest absolute Gasteiger partial charge is 0.123 e.